The predicted molar refractivity (Wildman–Crippen MR) is 79.9 cm³/mol. The van der Waals surface area contributed by atoms with Gasteiger partial charge in [0, 0.05) is 12.1 Å². The summed E-state index contributed by atoms with van der Waals surface area (Å²) in [4.78, 5) is 2.06. The van der Waals surface area contributed by atoms with E-state index in [1.807, 2.05) is 45.3 Å². The first-order valence-electron chi connectivity index (χ1n) is 6.65. The Labute approximate surface area is 119 Å². The van der Waals surface area contributed by atoms with Gasteiger partial charge in [0.25, 0.3) is 0 Å². The van der Waals surface area contributed by atoms with Crippen molar-refractivity contribution >= 4 is 0 Å². The summed E-state index contributed by atoms with van der Waals surface area (Å²) in [5.41, 5.74) is 4.18. The molecule has 2 aromatic rings. The minimum atomic E-state index is -0.259. The van der Waals surface area contributed by atoms with Gasteiger partial charge in [0.1, 0.15) is 5.82 Å². The fourth-order valence-electron chi connectivity index (χ4n) is 2.35. The fourth-order valence-corrected chi connectivity index (χ4v) is 2.35. The minimum absolute atomic E-state index is 0.0933. The zero-order valence-electron chi connectivity index (χ0n) is 12.2. The van der Waals surface area contributed by atoms with Crippen LogP contribution in [0.2, 0.25) is 0 Å². The summed E-state index contributed by atoms with van der Waals surface area (Å²) in [5.74, 6) is -0.259. The molecule has 0 unspecified atom stereocenters. The maximum Gasteiger partial charge on any atom is 0.131 e. The molecule has 0 fully saturated rings. The number of halogens is 1. The van der Waals surface area contributed by atoms with Crippen molar-refractivity contribution in [2.24, 2.45) is 0 Å². The number of aryl methyl sites for hydroxylation is 1. The van der Waals surface area contributed by atoms with Crippen molar-refractivity contribution in [2.75, 3.05) is 14.1 Å². The molecule has 0 radical (unpaired) electrons. The molecule has 0 aliphatic rings. The molecular weight excluding hydrogens is 253 g/mol. The SMILES string of the molecule is Cc1ccc(F)c(-c2ccc(CN(C)C)cc2CO)c1. The third-order valence-electron chi connectivity index (χ3n) is 3.25. The van der Waals surface area contributed by atoms with Gasteiger partial charge in [0.05, 0.1) is 6.61 Å². The van der Waals surface area contributed by atoms with Crippen LogP contribution in [-0.4, -0.2) is 24.1 Å². The highest BCUT2D eigenvalue weighted by molar-refractivity contribution is 5.69. The standard InChI is InChI=1S/C17H20FNO/c1-12-4-7-17(18)16(8-12)15-6-5-13(10-19(2)3)9-14(15)11-20/h4-9,20H,10-11H2,1-3H3. The van der Waals surface area contributed by atoms with Crippen LogP contribution < -0.4 is 0 Å². The van der Waals surface area contributed by atoms with E-state index in [1.165, 1.54) is 6.07 Å². The van der Waals surface area contributed by atoms with Crippen LogP contribution in [0.15, 0.2) is 36.4 Å². The summed E-state index contributed by atoms with van der Waals surface area (Å²) >= 11 is 0. The van der Waals surface area contributed by atoms with Gasteiger partial charge in [-0.15, -0.1) is 0 Å². The van der Waals surface area contributed by atoms with Crippen LogP contribution >= 0.6 is 0 Å². The second-order valence-corrected chi connectivity index (χ2v) is 5.37. The molecule has 0 heterocycles. The maximum atomic E-state index is 14.0. The van der Waals surface area contributed by atoms with Crippen molar-refractivity contribution in [3.8, 4) is 11.1 Å². The van der Waals surface area contributed by atoms with Crippen molar-refractivity contribution < 1.29 is 9.50 Å². The Balaban J connectivity index is 2.48. The first kappa shape index (κ1) is 14.7. The highest BCUT2D eigenvalue weighted by Gasteiger charge is 2.11. The van der Waals surface area contributed by atoms with E-state index in [4.69, 9.17) is 0 Å². The Hall–Kier alpha value is -1.71. The number of rotatable bonds is 4. The Morgan fingerprint density at radius 1 is 1.05 bits per heavy atom. The van der Waals surface area contributed by atoms with E-state index in [0.29, 0.717) is 5.56 Å². The van der Waals surface area contributed by atoms with E-state index in [9.17, 15) is 9.50 Å². The lowest BCUT2D eigenvalue weighted by molar-refractivity contribution is 0.282. The Kier molecular flexibility index (Phi) is 4.53. The van der Waals surface area contributed by atoms with Gasteiger partial charge >= 0.3 is 0 Å². The summed E-state index contributed by atoms with van der Waals surface area (Å²) in [6.45, 7) is 2.63. The molecule has 0 bridgehead atoms. The molecule has 0 spiro atoms. The van der Waals surface area contributed by atoms with Crippen LogP contribution in [0.5, 0.6) is 0 Å². The summed E-state index contributed by atoms with van der Waals surface area (Å²) in [5, 5.41) is 9.56. The van der Waals surface area contributed by atoms with Crippen molar-refractivity contribution in [2.45, 2.75) is 20.1 Å². The van der Waals surface area contributed by atoms with E-state index in [1.54, 1.807) is 6.07 Å². The molecule has 2 nitrogen and oxygen atoms in total. The lowest BCUT2D eigenvalue weighted by Crippen LogP contribution is -2.11. The summed E-state index contributed by atoms with van der Waals surface area (Å²) in [6.07, 6.45) is 0. The van der Waals surface area contributed by atoms with E-state index in [2.05, 4.69) is 4.90 Å². The van der Waals surface area contributed by atoms with E-state index < -0.39 is 0 Å². The zero-order valence-corrected chi connectivity index (χ0v) is 12.2. The lowest BCUT2D eigenvalue weighted by Gasteiger charge is -2.14. The number of benzene rings is 2. The number of hydrogen-bond acceptors (Lipinski definition) is 2. The van der Waals surface area contributed by atoms with Gasteiger partial charge in [-0.25, -0.2) is 4.39 Å². The van der Waals surface area contributed by atoms with Gasteiger partial charge in [0.15, 0.2) is 0 Å². The molecule has 0 aliphatic heterocycles. The Morgan fingerprint density at radius 3 is 2.45 bits per heavy atom. The molecule has 2 rings (SSSR count). The number of hydrogen-bond donors (Lipinski definition) is 1. The van der Waals surface area contributed by atoms with Crippen molar-refractivity contribution in [1.82, 2.24) is 4.90 Å². The van der Waals surface area contributed by atoms with Crippen LogP contribution in [-0.2, 0) is 13.2 Å². The molecule has 20 heavy (non-hydrogen) atoms. The second kappa shape index (κ2) is 6.16. The van der Waals surface area contributed by atoms with Crippen molar-refractivity contribution in [3.05, 3.63) is 58.9 Å². The first-order valence-corrected chi connectivity index (χ1v) is 6.65. The summed E-state index contributed by atoms with van der Waals surface area (Å²) in [7, 11) is 3.99. The third kappa shape index (κ3) is 3.24. The number of aliphatic hydroxyl groups excluding tert-OH is 1. The smallest absolute Gasteiger partial charge is 0.131 e. The normalized spacial score (nSPS) is 11.1. The molecule has 106 valence electrons. The molecule has 1 N–H and O–H groups in total. The second-order valence-electron chi connectivity index (χ2n) is 5.37. The number of nitrogens with zero attached hydrogens (tertiary/aromatic N) is 1. The first-order chi connectivity index (χ1) is 9.51. The van der Waals surface area contributed by atoms with Crippen LogP contribution in [0.4, 0.5) is 4.39 Å². The topological polar surface area (TPSA) is 23.5 Å². The molecule has 0 aromatic heterocycles. The van der Waals surface area contributed by atoms with E-state index in [-0.39, 0.29) is 12.4 Å². The maximum absolute atomic E-state index is 14.0. The quantitative estimate of drug-likeness (QED) is 0.923. The summed E-state index contributed by atoms with van der Waals surface area (Å²) in [6, 6.07) is 10.8. The minimum Gasteiger partial charge on any atom is -0.392 e. The fraction of sp³-hybridized carbons (Fsp3) is 0.294. The van der Waals surface area contributed by atoms with Gasteiger partial charge in [-0.3, -0.25) is 0 Å². The van der Waals surface area contributed by atoms with Crippen LogP contribution in [0, 0.1) is 12.7 Å². The average Bonchev–Trinajstić information content (AvgIpc) is 2.41. The summed E-state index contributed by atoms with van der Waals surface area (Å²) < 4.78 is 14.0. The highest BCUT2D eigenvalue weighted by Crippen LogP contribution is 2.28. The largest absolute Gasteiger partial charge is 0.392 e. The van der Waals surface area contributed by atoms with Crippen molar-refractivity contribution in [1.29, 1.82) is 0 Å². The zero-order chi connectivity index (χ0) is 14.7. The average molecular weight is 273 g/mol. The van der Waals surface area contributed by atoms with Gasteiger partial charge in [0.2, 0.25) is 0 Å². The van der Waals surface area contributed by atoms with Crippen LogP contribution in [0.3, 0.4) is 0 Å². The lowest BCUT2D eigenvalue weighted by atomic mass is 9.96. The predicted octanol–water partition coefficient (Wildman–Crippen LogP) is 3.36. The molecule has 3 heteroatoms. The molecule has 0 amide bonds. The number of aliphatic hydroxyl groups is 1. The Morgan fingerprint density at radius 2 is 1.80 bits per heavy atom. The van der Waals surface area contributed by atoms with Crippen LogP contribution in [0.25, 0.3) is 11.1 Å². The van der Waals surface area contributed by atoms with E-state index >= 15 is 0 Å². The molecular formula is C17H20FNO. The van der Waals surface area contributed by atoms with Crippen LogP contribution in [0.1, 0.15) is 16.7 Å². The van der Waals surface area contributed by atoms with Gasteiger partial charge in [-0.1, -0.05) is 29.8 Å². The third-order valence-corrected chi connectivity index (χ3v) is 3.25. The Bertz CT molecular complexity index is 608. The molecule has 0 atom stereocenters. The molecule has 2 aromatic carbocycles. The van der Waals surface area contributed by atoms with Gasteiger partial charge < -0.3 is 10.0 Å². The van der Waals surface area contributed by atoms with Crippen molar-refractivity contribution in [3.63, 3.8) is 0 Å². The highest BCUT2D eigenvalue weighted by atomic mass is 19.1. The van der Waals surface area contributed by atoms with Gasteiger partial charge in [-0.2, -0.15) is 0 Å². The molecule has 0 saturated carbocycles. The van der Waals surface area contributed by atoms with Gasteiger partial charge in [-0.05, 0) is 49.8 Å². The monoisotopic (exact) mass is 273 g/mol. The van der Waals surface area contributed by atoms with E-state index in [0.717, 1.165) is 28.8 Å². The molecule has 0 saturated heterocycles. The molecule has 0 aliphatic carbocycles.